The molecule has 1 aliphatic rings. The van der Waals surface area contributed by atoms with Crippen molar-refractivity contribution in [3.8, 4) is 0 Å². The van der Waals surface area contributed by atoms with Gasteiger partial charge in [0, 0.05) is 31.2 Å². The predicted molar refractivity (Wildman–Crippen MR) is 112 cm³/mol. The molecule has 0 radical (unpaired) electrons. The Morgan fingerprint density at radius 3 is 2.50 bits per heavy atom. The highest BCUT2D eigenvalue weighted by Gasteiger charge is 2.23. The average Bonchev–Trinajstić information content (AvgIpc) is 2.73. The Morgan fingerprint density at radius 2 is 1.86 bits per heavy atom. The van der Waals surface area contributed by atoms with Crippen molar-refractivity contribution in [2.75, 3.05) is 33.9 Å². The van der Waals surface area contributed by atoms with Crippen molar-refractivity contribution in [1.82, 2.24) is 10.2 Å². The molecule has 0 spiro atoms. The summed E-state index contributed by atoms with van der Waals surface area (Å²) in [5, 5.41) is 2.83. The van der Waals surface area contributed by atoms with Gasteiger partial charge < -0.3 is 19.7 Å². The van der Waals surface area contributed by atoms with Gasteiger partial charge in [-0.15, -0.1) is 0 Å². The summed E-state index contributed by atoms with van der Waals surface area (Å²) in [4.78, 5) is 26.8. The SMILES string of the molecule is COC(CN(CCc1ccccc1Br)C(=O)CNC(=O)C1CCCCC1)OC. The van der Waals surface area contributed by atoms with Crippen molar-refractivity contribution < 1.29 is 19.1 Å². The standard InChI is InChI=1S/C21H31BrN2O4/c1-27-20(28-2)15-24(13-12-16-8-6-7-11-18(16)22)19(25)14-23-21(26)17-9-4-3-5-10-17/h6-8,11,17,20H,3-5,9-10,12-15H2,1-2H3,(H,23,26). The fourth-order valence-electron chi connectivity index (χ4n) is 3.48. The molecule has 0 saturated heterocycles. The summed E-state index contributed by atoms with van der Waals surface area (Å²) in [7, 11) is 3.10. The van der Waals surface area contributed by atoms with Crippen molar-refractivity contribution in [2.24, 2.45) is 5.92 Å². The first-order chi connectivity index (χ1) is 13.5. The predicted octanol–water partition coefficient (Wildman–Crippen LogP) is 3.14. The second-order valence-corrected chi connectivity index (χ2v) is 7.99. The molecule has 28 heavy (non-hydrogen) atoms. The Kier molecular flexibility index (Phi) is 9.95. The zero-order valence-corrected chi connectivity index (χ0v) is 18.4. The largest absolute Gasteiger partial charge is 0.354 e. The third kappa shape index (κ3) is 7.18. The molecule has 0 aromatic heterocycles. The second-order valence-electron chi connectivity index (χ2n) is 7.13. The number of rotatable bonds is 10. The molecule has 6 nitrogen and oxygen atoms in total. The van der Waals surface area contributed by atoms with Crippen LogP contribution in [0, 0.1) is 5.92 Å². The minimum atomic E-state index is -0.503. The highest BCUT2D eigenvalue weighted by atomic mass is 79.9. The highest BCUT2D eigenvalue weighted by molar-refractivity contribution is 9.10. The number of methoxy groups -OCH3 is 2. The average molecular weight is 455 g/mol. The van der Waals surface area contributed by atoms with E-state index in [0.29, 0.717) is 19.5 Å². The zero-order chi connectivity index (χ0) is 20.4. The van der Waals surface area contributed by atoms with E-state index < -0.39 is 6.29 Å². The van der Waals surface area contributed by atoms with Crippen LogP contribution in [0.25, 0.3) is 0 Å². The van der Waals surface area contributed by atoms with Gasteiger partial charge in [0.15, 0.2) is 6.29 Å². The van der Waals surface area contributed by atoms with E-state index in [1.807, 2.05) is 24.3 Å². The lowest BCUT2D eigenvalue weighted by molar-refractivity contribution is -0.145. The molecule has 1 fully saturated rings. The second kappa shape index (κ2) is 12.2. The number of ether oxygens (including phenoxy) is 2. The molecule has 1 saturated carbocycles. The molecule has 1 aromatic rings. The number of benzene rings is 1. The quantitative estimate of drug-likeness (QED) is 0.551. The first-order valence-electron chi connectivity index (χ1n) is 9.89. The Morgan fingerprint density at radius 1 is 1.18 bits per heavy atom. The molecule has 1 aliphatic carbocycles. The molecule has 156 valence electrons. The Bertz CT molecular complexity index is 631. The van der Waals surface area contributed by atoms with Crippen LogP contribution < -0.4 is 5.32 Å². The van der Waals surface area contributed by atoms with Crippen LogP contribution in [0.4, 0.5) is 0 Å². The number of amides is 2. The molecule has 7 heteroatoms. The molecule has 1 aromatic carbocycles. The summed E-state index contributed by atoms with van der Waals surface area (Å²) in [6.45, 7) is 0.838. The van der Waals surface area contributed by atoms with Crippen molar-refractivity contribution in [3.63, 3.8) is 0 Å². The van der Waals surface area contributed by atoms with Crippen molar-refractivity contribution >= 4 is 27.7 Å². The molecule has 2 rings (SSSR count). The van der Waals surface area contributed by atoms with E-state index in [0.717, 1.165) is 35.7 Å². The minimum absolute atomic E-state index is 0.00540. The number of carbonyl (C=O) groups excluding carboxylic acids is 2. The van der Waals surface area contributed by atoms with Crippen molar-refractivity contribution in [1.29, 1.82) is 0 Å². The van der Waals surface area contributed by atoms with Gasteiger partial charge in [-0.3, -0.25) is 9.59 Å². The van der Waals surface area contributed by atoms with Crippen LogP contribution in [0.15, 0.2) is 28.7 Å². The normalized spacial score (nSPS) is 14.9. The highest BCUT2D eigenvalue weighted by Crippen LogP contribution is 2.23. The maximum Gasteiger partial charge on any atom is 0.242 e. The van der Waals surface area contributed by atoms with Gasteiger partial charge in [-0.05, 0) is 30.9 Å². The van der Waals surface area contributed by atoms with E-state index in [1.165, 1.54) is 6.42 Å². The van der Waals surface area contributed by atoms with E-state index in [4.69, 9.17) is 9.47 Å². The number of nitrogens with zero attached hydrogens (tertiary/aromatic N) is 1. The van der Waals surface area contributed by atoms with Gasteiger partial charge in [-0.25, -0.2) is 0 Å². The summed E-state index contributed by atoms with van der Waals surface area (Å²) in [5.74, 6) is -0.0925. The molecule has 0 atom stereocenters. The summed E-state index contributed by atoms with van der Waals surface area (Å²) in [6, 6.07) is 7.95. The third-order valence-corrected chi connectivity index (χ3v) is 6.02. The van der Waals surface area contributed by atoms with Gasteiger partial charge in [0.1, 0.15) is 0 Å². The lowest BCUT2D eigenvalue weighted by Gasteiger charge is -2.27. The number of hydrogen-bond donors (Lipinski definition) is 1. The molecule has 1 N–H and O–H groups in total. The van der Waals surface area contributed by atoms with Crippen LogP contribution in [0.2, 0.25) is 0 Å². The van der Waals surface area contributed by atoms with Gasteiger partial charge >= 0.3 is 0 Å². The molecule has 0 aliphatic heterocycles. The molecular weight excluding hydrogens is 424 g/mol. The van der Waals surface area contributed by atoms with Crippen LogP contribution in [0.5, 0.6) is 0 Å². The zero-order valence-electron chi connectivity index (χ0n) is 16.8. The molecule has 0 heterocycles. The van der Waals surface area contributed by atoms with Gasteiger partial charge in [0.05, 0.1) is 13.1 Å². The summed E-state index contributed by atoms with van der Waals surface area (Å²) < 4.78 is 11.5. The number of hydrogen-bond acceptors (Lipinski definition) is 4. The maximum absolute atomic E-state index is 12.8. The topological polar surface area (TPSA) is 67.9 Å². The Hall–Kier alpha value is -1.44. The molecule has 0 bridgehead atoms. The minimum Gasteiger partial charge on any atom is -0.354 e. The lowest BCUT2D eigenvalue weighted by atomic mass is 9.89. The van der Waals surface area contributed by atoms with Gasteiger partial charge in [-0.1, -0.05) is 53.4 Å². The molecule has 2 amide bonds. The van der Waals surface area contributed by atoms with Crippen LogP contribution in [-0.4, -0.2) is 56.9 Å². The van der Waals surface area contributed by atoms with Gasteiger partial charge in [0.2, 0.25) is 11.8 Å². The summed E-state index contributed by atoms with van der Waals surface area (Å²) in [5.41, 5.74) is 1.12. The van der Waals surface area contributed by atoms with Crippen molar-refractivity contribution in [2.45, 2.75) is 44.8 Å². The van der Waals surface area contributed by atoms with Crippen LogP contribution >= 0.6 is 15.9 Å². The van der Waals surface area contributed by atoms with E-state index >= 15 is 0 Å². The maximum atomic E-state index is 12.8. The number of nitrogens with one attached hydrogen (secondary N) is 1. The monoisotopic (exact) mass is 454 g/mol. The van der Waals surface area contributed by atoms with Crippen LogP contribution in [0.3, 0.4) is 0 Å². The number of carbonyl (C=O) groups is 2. The first kappa shape index (κ1) is 22.8. The van der Waals surface area contributed by atoms with E-state index in [1.54, 1.807) is 19.1 Å². The summed E-state index contributed by atoms with van der Waals surface area (Å²) in [6.07, 6.45) is 5.41. The Labute approximate surface area is 176 Å². The smallest absolute Gasteiger partial charge is 0.242 e. The molecular formula is C21H31BrN2O4. The third-order valence-electron chi connectivity index (χ3n) is 5.25. The van der Waals surface area contributed by atoms with E-state index in [9.17, 15) is 9.59 Å². The van der Waals surface area contributed by atoms with Gasteiger partial charge in [-0.2, -0.15) is 0 Å². The Balaban J connectivity index is 1.93. The van der Waals surface area contributed by atoms with Crippen molar-refractivity contribution in [3.05, 3.63) is 34.3 Å². The fraction of sp³-hybridized carbons (Fsp3) is 0.619. The number of halogens is 1. The summed E-state index contributed by atoms with van der Waals surface area (Å²) >= 11 is 3.55. The van der Waals surface area contributed by atoms with Crippen LogP contribution in [0.1, 0.15) is 37.7 Å². The molecule has 0 unspecified atom stereocenters. The van der Waals surface area contributed by atoms with E-state index in [-0.39, 0.29) is 24.3 Å². The fourth-order valence-corrected chi connectivity index (χ4v) is 3.97. The van der Waals surface area contributed by atoms with Gasteiger partial charge in [0.25, 0.3) is 0 Å². The van der Waals surface area contributed by atoms with E-state index in [2.05, 4.69) is 21.2 Å². The lowest BCUT2D eigenvalue weighted by Crippen LogP contribution is -2.46. The first-order valence-corrected chi connectivity index (χ1v) is 10.7. The van der Waals surface area contributed by atoms with Crippen LogP contribution in [-0.2, 0) is 25.5 Å².